The Hall–Kier alpha value is -2.58. The highest BCUT2D eigenvalue weighted by Gasteiger charge is 2.50. The minimum absolute atomic E-state index is 0.0295. The molecular formula is C42H70N2O9Si. The lowest BCUT2D eigenvalue weighted by atomic mass is 9.80. The SMILES string of the molecule is C=CC(CO[Si](C)(C)C(C)(C)C)NCC(C)CC(C)(OC)C(O[C@@H]1O[C@H](C)C[C@H](N(C)C)[C@H]1OC(=O)c1ccccc1)C(C)C1=C(C)C(=O)OC(C)(C)O1. The Morgan fingerprint density at radius 3 is 2.31 bits per heavy atom. The molecule has 0 bridgehead atoms. The molecule has 12 heteroatoms. The zero-order valence-corrected chi connectivity index (χ0v) is 36.7. The molecule has 11 nitrogen and oxygen atoms in total. The van der Waals surface area contributed by atoms with Gasteiger partial charge in [0.25, 0.3) is 0 Å². The van der Waals surface area contributed by atoms with Gasteiger partial charge in [-0.1, -0.05) is 58.9 Å². The van der Waals surface area contributed by atoms with Gasteiger partial charge in [-0.2, -0.15) is 0 Å². The van der Waals surface area contributed by atoms with Gasteiger partial charge >= 0.3 is 11.9 Å². The summed E-state index contributed by atoms with van der Waals surface area (Å²) in [6.07, 6.45) is 0.410. The van der Waals surface area contributed by atoms with Crippen LogP contribution in [0.2, 0.25) is 18.1 Å². The first kappa shape index (κ1) is 45.8. The Morgan fingerprint density at radius 1 is 1.13 bits per heavy atom. The molecule has 1 N–H and O–H groups in total. The number of carbonyl (C=O) groups is 2. The fourth-order valence-electron chi connectivity index (χ4n) is 6.96. The molecule has 5 unspecified atom stereocenters. The lowest BCUT2D eigenvalue weighted by Gasteiger charge is -2.48. The summed E-state index contributed by atoms with van der Waals surface area (Å²) in [5.41, 5.74) is -0.143. The zero-order chi connectivity index (χ0) is 40.8. The second-order valence-corrected chi connectivity index (χ2v) is 22.5. The number of likely N-dealkylation sites (N-methyl/N-ethyl adjacent to an activating group) is 1. The largest absolute Gasteiger partial charge is 0.456 e. The molecule has 2 aliphatic rings. The molecule has 0 spiro atoms. The van der Waals surface area contributed by atoms with Gasteiger partial charge in [-0.05, 0) is 90.4 Å². The Labute approximate surface area is 326 Å². The standard InChI is InChI=1S/C42H70N2O9Si/c1-17-32(26-48-54(15,16)40(6,7)8)43-25-27(2)24-42(11,47-14)36(29(4)34-30(5)37(45)53-41(9,10)52-34)51-39-35(33(44(12)13)23-28(3)49-39)50-38(46)31-21-19-18-20-22-31/h17-22,27-29,32-33,35-36,39,43H,1,23-26H2,2-16H3/t27?,28-,29?,32?,33+,35-,36?,39+,42?/m1/s1. The fourth-order valence-corrected chi connectivity index (χ4v) is 7.99. The van der Waals surface area contributed by atoms with E-state index in [2.05, 4.69) is 52.7 Å². The van der Waals surface area contributed by atoms with Gasteiger partial charge in [0.15, 0.2) is 20.7 Å². The third-order valence-corrected chi connectivity index (χ3v) is 15.8. The van der Waals surface area contributed by atoms with E-state index in [1.165, 1.54) is 0 Å². The molecule has 0 radical (unpaired) electrons. The number of hydrogen-bond acceptors (Lipinski definition) is 11. The van der Waals surface area contributed by atoms with E-state index >= 15 is 0 Å². The number of benzene rings is 1. The van der Waals surface area contributed by atoms with Crippen molar-refractivity contribution >= 4 is 20.3 Å². The van der Waals surface area contributed by atoms with Crippen molar-refractivity contribution in [3.05, 3.63) is 59.9 Å². The lowest BCUT2D eigenvalue weighted by molar-refractivity contribution is -0.298. The molecule has 1 aromatic rings. The van der Waals surface area contributed by atoms with Gasteiger partial charge in [0.2, 0.25) is 5.79 Å². The molecular weight excluding hydrogens is 705 g/mol. The molecule has 0 amide bonds. The van der Waals surface area contributed by atoms with Crippen LogP contribution in [0.4, 0.5) is 0 Å². The highest BCUT2D eigenvalue weighted by atomic mass is 28.4. The fraction of sp³-hybridized carbons (Fsp3) is 0.714. The number of methoxy groups -OCH3 is 1. The highest BCUT2D eigenvalue weighted by molar-refractivity contribution is 6.74. The Bertz CT molecular complexity index is 1440. The van der Waals surface area contributed by atoms with Crippen LogP contribution in [0.25, 0.3) is 0 Å². The third kappa shape index (κ3) is 11.7. The van der Waals surface area contributed by atoms with Gasteiger partial charge in [0.05, 0.1) is 41.6 Å². The van der Waals surface area contributed by atoms with Crippen LogP contribution >= 0.6 is 0 Å². The summed E-state index contributed by atoms with van der Waals surface area (Å²) < 4.78 is 44.7. The summed E-state index contributed by atoms with van der Waals surface area (Å²) in [5.74, 6) is -2.06. The first-order valence-electron chi connectivity index (χ1n) is 19.4. The topological polar surface area (TPSA) is 114 Å². The molecule has 0 aliphatic carbocycles. The van der Waals surface area contributed by atoms with Crippen molar-refractivity contribution in [2.75, 3.05) is 34.4 Å². The Kier molecular flexibility index (Phi) is 15.8. The van der Waals surface area contributed by atoms with Gasteiger partial charge < -0.3 is 43.1 Å². The van der Waals surface area contributed by atoms with E-state index in [0.29, 0.717) is 42.9 Å². The predicted octanol–water partition coefficient (Wildman–Crippen LogP) is 7.48. The summed E-state index contributed by atoms with van der Waals surface area (Å²) in [4.78, 5) is 28.7. The molecule has 2 aliphatic heterocycles. The van der Waals surface area contributed by atoms with Crippen LogP contribution in [-0.4, -0.2) is 108 Å². The van der Waals surface area contributed by atoms with Crippen molar-refractivity contribution in [3.63, 3.8) is 0 Å². The molecule has 2 heterocycles. The summed E-state index contributed by atoms with van der Waals surface area (Å²) >= 11 is 0. The van der Waals surface area contributed by atoms with E-state index in [0.717, 1.165) is 0 Å². The minimum Gasteiger partial charge on any atom is -0.456 e. The molecule has 1 saturated heterocycles. The van der Waals surface area contributed by atoms with Crippen molar-refractivity contribution in [1.29, 1.82) is 0 Å². The van der Waals surface area contributed by atoms with E-state index in [1.807, 2.05) is 51.9 Å². The smallest absolute Gasteiger partial charge is 0.340 e. The minimum atomic E-state index is -1.94. The number of rotatable bonds is 18. The van der Waals surface area contributed by atoms with E-state index in [9.17, 15) is 9.59 Å². The van der Waals surface area contributed by atoms with Crippen molar-refractivity contribution in [2.45, 2.75) is 148 Å². The predicted molar refractivity (Wildman–Crippen MR) is 214 cm³/mol. The highest BCUT2D eigenvalue weighted by Crippen LogP contribution is 2.41. The molecule has 54 heavy (non-hydrogen) atoms. The molecule has 3 rings (SSSR count). The van der Waals surface area contributed by atoms with Crippen LogP contribution in [0.3, 0.4) is 0 Å². The normalized spacial score (nSPS) is 25.5. The van der Waals surface area contributed by atoms with Crippen molar-refractivity contribution in [3.8, 4) is 0 Å². The molecule has 0 saturated carbocycles. The van der Waals surface area contributed by atoms with Crippen molar-refractivity contribution in [2.24, 2.45) is 11.8 Å². The number of esters is 2. The number of nitrogens with one attached hydrogen (secondary N) is 1. The number of hydrogen-bond donors (Lipinski definition) is 1. The van der Waals surface area contributed by atoms with Crippen LogP contribution in [0.1, 0.15) is 92.4 Å². The average Bonchev–Trinajstić information content (AvgIpc) is 3.08. The molecule has 306 valence electrons. The number of cyclic esters (lactones) is 1. The Morgan fingerprint density at radius 2 is 1.76 bits per heavy atom. The summed E-state index contributed by atoms with van der Waals surface area (Å²) in [7, 11) is 3.65. The Balaban J connectivity index is 1.99. The maximum Gasteiger partial charge on any atom is 0.340 e. The van der Waals surface area contributed by atoms with Crippen LogP contribution in [-0.2, 0) is 37.6 Å². The average molecular weight is 775 g/mol. The van der Waals surface area contributed by atoms with Crippen LogP contribution in [0, 0.1) is 11.8 Å². The molecule has 1 aromatic carbocycles. The number of carbonyl (C=O) groups excluding carboxylic acids is 2. The van der Waals surface area contributed by atoms with Gasteiger partial charge in [-0.15, -0.1) is 6.58 Å². The summed E-state index contributed by atoms with van der Waals surface area (Å²) in [6.45, 7) is 29.7. The van der Waals surface area contributed by atoms with Gasteiger partial charge in [-0.3, -0.25) is 0 Å². The maximum atomic E-state index is 13.6. The van der Waals surface area contributed by atoms with Gasteiger partial charge in [0, 0.05) is 32.9 Å². The van der Waals surface area contributed by atoms with E-state index in [4.69, 9.17) is 32.8 Å². The van der Waals surface area contributed by atoms with E-state index in [-0.39, 0.29) is 29.1 Å². The van der Waals surface area contributed by atoms with Crippen molar-refractivity contribution < 1.29 is 42.4 Å². The maximum absolute atomic E-state index is 13.6. The molecule has 9 atom stereocenters. The third-order valence-electron chi connectivity index (χ3n) is 11.3. The summed E-state index contributed by atoms with van der Waals surface area (Å²) in [5, 5.41) is 3.75. The monoisotopic (exact) mass is 774 g/mol. The van der Waals surface area contributed by atoms with Gasteiger partial charge in [0.1, 0.15) is 5.76 Å². The molecule has 1 fully saturated rings. The quantitative estimate of drug-likeness (QED) is 0.0910. The zero-order valence-electron chi connectivity index (χ0n) is 35.7. The second-order valence-electron chi connectivity index (χ2n) is 17.7. The van der Waals surface area contributed by atoms with Crippen LogP contribution in [0.5, 0.6) is 0 Å². The van der Waals surface area contributed by atoms with E-state index < -0.39 is 56.1 Å². The van der Waals surface area contributed by atoms with Crippen molar-refractivity contribution in [1.82, 2.24) is 10.2 Å². The van der Waals surface area contributed by atoms with E-state index in [1.54, 1.807) is 52.1 Å². The summed E-state index contributed by atoms with van der Waals surface area (Å²) in [6, 6.07) is 8.68. The van der Waals surface area contributed by atoms with Crippen LogP contribution in [0.15, 0.2) is 54.3 Å². The van der Waals surface area contributed by atoms with Gasteiger partial charge in [-0.25, -0.2) is 9.59 Å². The second kappa shape index (κ2) is 18.6. The lowest BCUT2D eigenvalue weighted by Crippen LogP contribution is -2.59. The molecule has 0 aromatic heterocycles. The first-order chi connectivity index (χ1) is 24.9. The number of ether oxygens (including phenoxy) is 6. The first-order valence-corrected chi connectivity index (χ1v) is 22.3. The van der Waals surface area contributed by atoms with Crippen LogP contribution < -0.4 is 5.32 Å². The number of nitrogens with zero attached hydrogens (tertiary/aromatic N) is 1.